The van der Waals surface area contributed by atoms with E-state index >= 15 is 0 Å². The number of nitrogens with zero attached hydrogens (tertiary/aromatic N) is 4. The fourth-order valence-corrected chi connectivity index (χ4v) is 4.11. The zero-order valence-electron chi connectivity index (χ0n) is 13.3. The molecule has 4 rings (SSSR count). The van der Waals surface area contributed by atoms with Gasteiger partial charge in [-0.05, 0) is 37.0 Å². The molecule has 2 atom stereocenters. The molecular formula is C17H21ClN4O. The highest BCUT2D eigenvalue weighted by atomic mass is 35.5. The molecule has 122 valence electrons. The van der Waals surface area contributed by atoms with Crippen LogP contribution in [0, 0.1) is 0 Å². The first-order chi connectivity index (χ1) is 11.3. The zero-order valence-corrected chi connectivity index (χ0v) is 14.0. The van der Waals surface area contributed by atoms with Crippen LogP contribution < -0.4 is 0 Å². The predicted octanol–water partition coefficient (Wildman–Crippen LogP) is 3.01. The second-order valence-electron chi connectivity index (χ2n) is 6.19. The summed E-state index contributed by atoms with van der Waals surface area (Å²) >= 11 is 6.36. The molecule has 23 heavy (non-hydrogen) atoms. The summed E-state index contributed by atoms with van der Waals surface area (Å²) in [4.78, 5) is 2.52. The summed E-state index contributed by atoms with van der Waals surface area (Å²) in [6.07, 6.45) is 3.97. The maximum absolute atomic E-state index is 6.36. The van der Waals surface area contributed by atoms with Crippen LogP contribution >= 0.6 is 11.6 Å². The van der Waals surface area contributed by atoms with Crippen molar-refractivity contribution in [3.63, 3.8) is 0 Å². The SMILES string of the molecule is CCn1cnnc1C1CN(C2CCc3c(Cl)cccc32)CCO1. The van der Waals surface area contributed by atoms with Crippen molar-refractivity contribution in [1.29, 1.82) is 0 Å². The molecule has 2 aromatic rings. The molecule has 1 aliphatic heterocycles. The van der Waals surface area contributed by atoms with E-state index in [9.17, 15) is 0 Å². The Morgan fingerprint density at radius 2 is 2.30 bits per heavy atom. The van der Waals surface area contributed by atoms with E-state index in [0.29, 0.717) is 6.04 Å². The van der Waals surface area contributed by atoms with Gasteiger partial charge in [0.1, 0.15) is 12.4 Å². The van der Waals surface area contributed by atoms with Crippen molar-refractivity contribution < 1.29 is 4.74 Å². The van der Waals surface area contributed by atoms with Crippen molar-refractivity contribution in [1.82, 2.24) is 19.7 Å². The van der Waals surface area contributed by atoms with Gasteiger partial charge >= 0.3 is 0 Å². The molecule has 5 nitrogen and oxygen atoms in total. The van der Waals surface area contributed by atoms with Gasteiger partial charge in [0.15, 0.2) is 5.82 Å². The van der Waals surface area contributed by atoms with Crippen LogP contribution in [0.15, 0.2) is 24.5 Å². The lowest BCUT2D eigenvalue weighted by Crippen LogP contribution is -2.40. The van der Waals surface area contributed by atoms with Crippen LogP contribution in [0.5, 0.6) is 0 Å². The molecule has 1 aliphatic carbocycles. The number of halogens is 1. The summed E-state index contributed by atoms with van der Waals surface area (Å²) in [6, 6.07) is 6.71. The number of aryl methyl sites for hydroxylation is 1. The number of fused-ring (bicyclic) bond motifs is 1. The van der Waals surface area contributed by atoms with E-state index in [1.807, 2.05) is 6.07 Å². The Balaban J connectivity index is 1.56. The maximum atomic E-state index is 6.36. The van der Waals surface area contributed by atoms with E-state index in [2.05, 4.69) is 38.7 Å². The number of hydrogen-bond donors (Lipinski definition) is 0. The standard InChI is InChI=1S/C17H21ClN4O/c1-2-21-11-19-20-17(21)16-10-22(8-9-23-16)15-7-6-12-13(15)4-3-5-14(12)18/h3-5,11,15-16H,2,6-10H2,1H3. The number of benzene rings is 1. The predicted molar refractivity (Wildman–Crippen MR) is 88.5 cm³/mol. The molecule has 0 saturated carbocycles. The minimum Gasteiger partial charge on any atom is -0.368 e. The number of morpholine rings is 1. The summed E-state index contributed by atoms with van der Waals surface area (Å²) in [5.41, 5.74) is 2.70. The Hall–Kier alpha value is -1.43. The molecule has 2 aliphatic rings. The highest BCUT2D eigenvalue weighted by Gasteiger charge is 2.34. The van der Waals surface area contributed by atoms with Gasteiger partial charge < -0.3 is 9.30 Å². The van der Waals surface area contributed by atoms with E-state index in [1.165, 1.54) is 11.1 Å². The van der Waals surface area contributed by atoms with Crippen molar-refractivity contribution in [3.05, 3.63) is 46.5 Å². The van der Waals surface area contributed by atoms with Crippen LogP contribution in [-0.4, -0.2) is 39.4 Å². The average molecular weight is 333 g/mol. The van der Waals surface area contributed by atoms with Crippen LogP contribution in [0.4, 0.5) is 0 Å². The van der Waals surface area contributed by atoms with Gasteiger partial charge in [0, 0.05) is 30.7 Å². The fourth-order valence-electron chi connectivity index (χ4n) is 3.83. The topological polar surface area (TPSA) is 43.2 Å². The summed E-state index contributed by atoms with van der Waals surface area (Å²) < 4.78 is 8.04. The summed E-state index contributed by atoms with van der Waals surface area (Å²) in [6.45, 7) is 5.50. The molecule has 6 heteroatoms. The quantitative estimate of drug-likeness (QED) is 0.866. The van der Waals surface area contributed by atoms with Crippen LogP contribution in [0.1, 0.15) is 42.4 Å². The van der Waals surface area contributed by atoms with Crippen molar-refractivity contribution >= 4 is 11.6 Å². The molecule has 1 aromatic heterocycles. The van der Waals surface area contributed by atoms with E-state index in [0.717, 1.165) is 49.9 Å². The lowest BCUT2D eigenvalue weighted by Gasteiger charge is -2.36. The molecule has 1 aromatic carbocycles. The Labute approximate surface area is 141 Å². The highest BCUT2D eigenvalue weighted by molar-refractivity contribution is 6.31. The number of ether oxygens (including phenoxy) is 1. The van der Waals surface area contributed by atoms with Gasteiger partial charge in [-0.15, -0.1) is 10.2 Å². The van der Waals surface area contributed by atoms with Crippen molar-refractivity contribution in [2.75, 3.05) is 19.7 Å². The third-order valence-corrected chi connectivity index (χ3v) is 5.35. The van der Waals surface area contributed by atoms with Gasteiger partial charge in [0.05, 0.1) is 6.61 Å². The number of aromatic nitrogens is 3. The smallest absolute Gasteiger partial charge is 0.163 e. The van der Waals surface area contributed by atoms with Gasteiger partial charge in [0.25, 0.3) is 0 Å². The first-order valence-electron chi connectivity index (χ1n) is 8.28. The molecule has 0 amide bonds. The largest absolute Gasteiger partial charge is 0.368 e. The first-order valence-corrected chi connectivity index (χ1v) is 8.66. The zero-order chi connectivity index (χ0) is 15.8. The Kier molecular flexibility index (Phi) is 4.09. The van der Waals surface area contributed by atoms with Crippen LogP contribution in [0.3, 0.4) is 0 Å². The van der Waals surface area contributed by atoms with Crippen molar-refractivity contribution in [2.24, 2.45) is 0 Å². The summed E-state index contributed by atoms with van der Waals surface area (Å²) in [7, 11) is 0. The number of rotatable bonds is 3. The second-order valence-corrected chi connectivity index (χ2v) is 6.60. The lowest BCUT2D eigenvalue weighted by atomic mass is 10.1. The summed E-state index contributed by atoms with van der Waals surface area (Å²) in [5, 5.41) is 9.21. The Bertz CT molecular complexity index is 702. The second kappa shape index (κ2) is 6.23. The molecule has 2 heterocycles. The molecule has 0 N–H and O–H groups in total. The Morgan fingerprint density at radius 3 is 3.17 bits per heavy atom. The normalized spacial score (nSPS) is 24.8. The molecule has 0 radical (unpaired) electrons. The van der Waals surface area contributed by atoms with E-state index < -0.39 is 0 Å². The number of hydrogen-bond acceptors (Lipinski definition) is 4. The van der Waals surface area contributed by atoms with Gasteiger partial charge in [-0.3, -0.25) is 4.90 Å². The molecule has 2 unspecified atom stereocenters. The van der Waals surface area contributed by atoms with Crippen LogP contribution in [0.2, 0.25) is 5.02 Å². The lowest BCUT2D eigenvalue weighted by molar-refractivity contribution is -0.0508. The molecule has 1 saturated heterocycles. The monoisotopic (exact) mass is 332 g/mol. The van der Waals surface area contributed by atoms with Gasteiger partial charge in [-0.2, -0.15) is 0 Å². The highest BCUT2D eigenvalue weighted by Crippen LogP contribution is 2.40. The van der Waals surface area contributed by atoms with Gasteiger partial charge in [-0.25, -0.2) is 0 Å². The fraction of sp³-hybridized carbons (Fsp3) is 0.529. The van der Waals surface area contributed by atoms with E-state index in [-0.39, 0.29) is 6.10 Å². The average Bonchev–Trinajstić information content (AvgIpc) is 3.22. The van der Waals surface area contributed by atoms with Crippen molar-refractivity contribution in [2.45, 2.75) is 38.5 Å². The van der Waals surface area contributed by atoms with Gasteiger partial charge in [-0.1, -0.05) is 23.7 Å². The molecule has 1 fully saturated rings. The van der Waals surface area contributed by atoms with Crippen molar-refractivity contribution in [3.8, 4) is 0 Å². The summed E-state index contributed by atoms with van der Waals surface area (Å²) in [5.74, 6) is 0.932. The van der Waals surface area contributed by atoms with Crippen LogP contribution in [-0.2, 0) is 17.7 Å². The van der Waals surface area contributed by atoms with Crippen LogP contribution in [0.25, 0.3) is 0 Å². The Morgan fingerprint density at radius 1 is 1.39 bits per heavy atom. The molecular weight excluding hydrogens is 312 g/mol. The third-order valence-electron chi connectivity index (χ3n) is 4.99. The third kappa shape index (κ3) is 2.67. The van der Waals surface area contributed by atoms with E-state index in [1.54, 1.807) is 6.33 Å². The minimum atomic E-state index is -0.00515. The molecule has 0 bridgehead atoms. The van der Waals surface area contributed by atoms with E-state index in [4.69, 9.17) is 16.3 Å². The first kappa shape index (κ1) is 15.1. The minimum absolute atomic E-state index is 0.00515. The maximum Gasteiger partial charge on any atom is 0.163 e. The van der Waals surface area contributed by atoms with Gasteiger partial charge in [0.2, 0.25) is 0 Å². The molecule has 0 spiro atoms.